The molecular weight excluding hydrogens is 334 g/mol. The van der Waals surface area contributed by atoms with Crippen molar-refractivity contribution in [3.8, 4) is 11.5 Å². The summed E-state index contributed by atoms with van der Waals surface area (Å²) in [6, 6.07) is 10.5. The summed E-state index contributed by atoms with van der Waals surface area (Å²) in [7, 11) is 0. The molecule has 6 nitrogen and oxygen atoms in total. The molecule has 0 aliphatic rings. The molecule has 3 rings (SSSR count). The summed E-state index contributed by atoms with van der Waals surface area (Å²) >= 11 is 5.78. The predicted octanol–water partition coefficient (Wildman–Crippen LogP) is 4.71. The first kappa shape index (κ1) is 16.0. The maximum Gasteiger partial charge on any atom is 0.336 e. The number of nitrogens with zero attached hydrogens (tertiary/aromatic N) is 1. The van der Waals surface area contributed by atoms with E-state index in [1.807, 2.05) is 6.92 Å². The van der Waals surface area contributed by atoms with Crippen LogP contribution in [0.25, 0.3) is 11.0 Å². The summed E-state index contributed by atoms with van der Waals surface area (Å²) in [6.07, 6.45) is 0.685. The molecule has 0 saturated heterocycles. The van der Waals surface area contributed by atoms with E-state index in [1.54, 1.807) is 12.1 Å². The van der Waals surface area contributed by atoms with Gasteiger partial charge >= 0.3 is 11.3 Å². The van der Waals surface area contributed by atoms with Gasteiger partial charge in [0.2, 0.25) is 5.75 Å². The highest BCUT2D eigenvalue weighted by atomic mass is 35.5. The molecule has 2 aromatic carbocycles. The number of ether oxygens (including phenoxy) is 1. The lowest BCUT2D eigenvalue weighted by atomic mass is 10.1. The van der Waals surface area contributed by atoms with E-state index in [0.29, 0.717) is 17.8 Å². The zero-order valence-corrected chi connectivity index (χ0v) is 13.4. The van der Waals surface area contributed by atoms with E-state index >= 15 is 0 Å². The Bertz CT molecular complexity index is 996. The molecule has 0 N–H and O–H groups in total. The van der Waals surface area contributed by atoms with Gasteiger partial charge in [-0.1, -0.05) is 18.5 Å². The van der Waals surface area contributed by atoms with E-state index in [4.69, 9.17) is 20.8 Å². The minimum absolute atomic E-state index is 0.0535. The van der Waals surface area contributed by atoms with Crippen molar-refractivity contribution < 1.29 is 14.1 Å². The Kier molecular flexibility index (Phi) is 4.22. The van der Waals surface area contributed by atoms with Crippen molar-refractivity contribution in [2.24, 2.45) is 0 Å². The van der Waals surface area contributed by atoms with Crippen molar-refractivity contribution in [3.05, 3.63) is 73.6 Å². The van der Waals surface area contributed by atoms with Gasteiger partial charge in [0.15, 0.2) is 0 Å². The highest BCUT2D eigenvalue weighted by Crippen LogP contribution is 2.34. The summed E-state index contributed by atoms with van der Waals surface area (Å²) in [5, 5.41) is 12.2. The minimum Gasteiger partial charge on any atom is -0.450 e. The van der Waals surface area contributed by atoms with Gasteiger partial charge in [0.05, 0.1) is 4.92 Å². The molecule has 0 bridgehead atoms. The highest BCUT2D eigenvalue weighted by molar-refractivity contribution is 6.30. The highest BCUT2D eigenvalue weighted by Gasteiger charge is 2.17. The number of aryl methyl sites for hydroxylation is 1. The average Bonchev–Trinajstić information content (AvgIpc) is 2.55. The van der Waals surface area contributed by atoms with Gasteiger partial charge in [-0.05, 0) is 36.2 Å². The maximum absolute atomic E-state index is 11.6. The van der Waals surface area contributed by atoms with Crippen molar-refractivity contribution >= 4 is 28.3 Å². The fourth-order valence-electron chi connectivity index (χ4n) is 2.41. The van der Waals surface area contributed by atoms with Crippen LogP contribution in [0.1, 0.15) is 12.5 Å². The standard InChI is InChI=1S/C17H12ClNO5/c1-2-10-7-17(20)24-16-9-12(4-5-13(10)16)23-15-6-3-11(18)8-14(15)19(21)22/h3-9H,2H2,1H3. The van der Waals surface area contributed by atoms with E-state index in [-0.39, 0.29) is 16.5 Å². The third kappa shape index (κ3) is 3.09. The molecule has 0 saturated carbocycles. The summed E-state index contributed by atoms with van der Waals surface area (Å²) in [5.74, 6) is 0.377. The summed E-state index contributed by atoms with van der Waals surface area (Å²) in [5.41, 5.74) is 0.541. The van der Waals surface area contributed by atoms with Gasteiger partial charge in [-0.2, -0.15) is 0 Å². The molecule has 0 unspecified atom stereocenters. The summed E-state index contributed by atoms with van der Waals surface area (Å²) in [6.45, 7) is 1.94. The third-order valence-corrected chi connectivity index (χ3v) is 3.76. The fourth-order valence-corrected chi connectivity index (χ4v) is 2.58. The van der Waals surface area contributed by atoms with Gasteiger partial charge in [0.25, 0.3) is 0 Å². The topological polar surface area (TPSA) is 82.6 Å². The van der Waals surface area contributed by atoms with Crippen LogP contribution in [0.15, 0.2) is 51.7 Å². The number of fused-ring (bicyclic) bond motifs is 1. The van der Waals surface area contributed by atoms with Crippen LogP contribution in [0.3, 0.4) is 0 Å². The largest absolute Gasteiger partial charge is 0.450 e. The number of halogens is 1. The van der Waals surface area contributed by atoms with E-state index in [9.17, 15) is 14.9 Å². The quantitative estimate of drug-likeness (QED) is 0.388. The molecule has 7 heteroatoms. The Hall–Kier alpha value is -2.86. The molecule has 0 radical (unpaired) electrons. The molecule has 122 valence electrons. The Morgan fingerprint density at radius 3 is 2.71 bits per heavy atom. The molecule has 0 atom stereocenters. The Balaban J connectivity index is 2.06. The number of benzene rings is 2. The molecule has 0 fully saturated rings. The van der Waals surface area contributed by atoms with E-state index < -0.39 is 10.5 Å². The van der Waals surface area contributed by atoms with Gasteiger partial charge in [-0.15, -0.1) is 0 Å². The van der Waals surface area contributed by atoms with Crippen LogP contribution in [0, 0.1) is 10.1 Å². The molecule has 3 aromatic rings. The van der Waals surface area contributed by atoms with Crippen molar-refractivity contribution in [1.29, 1.82) is 0 Å². The van der Waals surface area contributed by atoms with Gasteiger partial charge < -0.3 is 9.15 Å². The normalized spacial score (nSPS) is 10.8. The van der Waals surface area contributed by atoms with Crippen molar-refractivity contribution in [3.63, 3.8) is 0 Å². The van der Waals surface area contributed by atoms with E-state index in [2.05, 4.69) is 0 Å². The van der Waals surface area contributed by atoms with Gasteiger partial charge in [0.1, 0.15) is 11.3 Å². The number of nitro benzene ring substituents is 1. The van der Waals surface area contributed by atoms with Crippen molar-refractivity contribution in [2.45, 2.75) is 13.3 Å². The zero-order valence-electron chi connectivity index (χ0n) is 12.6. The number of hydrogen-bond acceptors (Lipinski definition) is 5. The summed E-state index contributed by atoms with van der Waals surface area (Å²) in [4.78, 5) is 22.1. The fraction of sp³-hybridized carbons (Fsp3) is 0.118. The second-order valence-electron chi connectivity index (χ2n) is 5.07. The molecular formula is C17H12ClNO5. The maximum atomic E-state index is 11.6. The lowest BCUT2D eigenvalue weighted by Gasteiger charge is -2.08. The van der Waals surface area contributed by atoms with E-state index in [1.165, 1.54) is 30.3 Å². The van der Waals surface area contributed by atoms with Crippen LogP contribution in [-0.2, 0) is 6.42 Å². The molecule has 0 aliphatic heterocycles. The molecule has 0 aliphatic carbocycles. The molecule has 24 heavy (non-hydrogen) atoms. The first-order chi connectivity index (χ1) is 11.5. The first-order valence-electron chi connectivity index (χ1n) is 7.16. The van der Waals surface area contributed by atoms with Crippen molar-refractivity contribution in [2.75, 3.05) is 0 Å². The SMILES string of the molecule is CCc1cc(=O)oc2cc(Oc3ccc(Cl)cc3[N+](=O)[O-])ccc12. The predicted molar refractivity (Wildman–Crippen MR) is 90.0 cm³/mol. The Labute approximate surface area is 141 Å². The second kappa shape index (κ2) is 6.33. The van der Waals surface area contributed by atoms with Crippen LogP contribution >= 0.6 is 11.6 Å². The zero-order chi connectivity index (χ0) is 17.3. The first-order valence-corrected chi connectivity index (χ1v) is 7.54. The molecule has 1 heterocycles. The van der Waals surface area contributed by atoms with Crippen LogP contribution in [0.4, 0.5) is 5.69 Å². The Morgan fingerprint density at radius 1 is 1.21 bits per heavy atom. The third-order valence-electron chi connectivity index (χ3n) is 3.53. The molecule has 1 aromatic heterocycles. The van der Waals surface area contributed by atoms with Crippen LogP contribution < -0.4 is 10.4 Å². The number of hydrogen-bond donors (Lipinski definition) is 0. The lowest BCUT2D eigenvalue weighted by molar-refractivity contribution is -0.385. The van der Waals surface area contributed by atoms with Gasteiger partial charge in [0, 0.05) is 28.6 Å². The minimum atomic E-state index is -0.572. The average molecular weight is 346 g/mol. The van der Waals surface area contributed by atoms with Crippen molar-refractivity contribution in [1.82, 2.24) is 0 Å². The summed E-state index contributed by atoms with van der Waals surface area (Å²) < 4.78 is 10.8. The van der Waals surface area contributed by atoms with Crippen LogP contribution in [0.2, 0.25) is 5.02 Å². The van der Waals surface area contributed by atoms with Gasteiger partial charge in [-0.3, -0.25) is 10.1 Å². The van der Waals surface area contributed by atoms with Crippen LogP contribution in [0.5, 0.6) is 11.5 Å². The second-order valence-corrected chi connectivity index (χ2v) is 5.51. The Morgan fingerprint density at radius 2 is 2.00 bits per heavy atom. The molecule has 0 amide bonds. The number of rotatable bonds is 4. The van der Waals surface area contributed by atoms with Crippen LogP contribution in [-0.4, -0.2) is 4.92 Å². The van der Waals surface area contributed by atoms with Gasteiger partial charge in [-0.25, -0.2) is 4.79 Å². The van der Waals surface area contributed by atoms with E-state index in [0.717, 1.165) is 10.9 Å². The monoisotopic (exact) mass is 345 g/mol. The lowest BCUT2D eigenvalue weighted by Crippen LogP contribution is -2.00. The number of nitro groups is 1. The smallest absolute Gasteiger partial charge is 0.336 e. The molecule has 0 spiro atoms.